The third-order valence-corrected chi connectivity index (χ3v) is 3.20. The highest BCUT2D eigenvalue weighted by Crippen LogP contribution is 2.14. The van der Waals surface area contributed by atoms with Crippen LogP contribution in [0.15, 0.2) is 60.7 Å². The Morgan fingerprint density at radius 3 is 2.09 bits per heavy atom. The lowest BCUT2D eigenvalue weighted by Crippen LogP contribution is -2.45. The first-order chi connectivity index (χ1) is 10.5. The van der Waals surface area contributed by atoms with Gasteiger partial charge in [-0.05, 0) is 31.5 Å². The second-order valence-corrected chi connectivity index (χ2v) is 5.43. The molecule has 114 valence electrons. The van der Waals surface area contributed by atoms with Crippen LogP contribution in [0.1, 0.15) is 29.8 Å². The van der Waals surface area contributed by atoms with Crippen molar-refractivity contribution in [2.75, 3.05) is 0 Å². The Hall–Kier alpha value is -2.62. The van der Waals surface area contributed by atoms with E-state index in [1.165, 1.54) is 0 Å². The molecule has 0 aliphatic rings. The molecule has 0 atom stereocenters. The minimum absolute atomic E-state index is 0.333. The van der Waals surface area contributed by atoms with Gasteiger partial charge in [0.2, 0.25) is 0 Å². The summed E-state index contributed by atoms with van der Waals surface area (Å²) in [4.78, 5) is 24.3. The maximum absolute atomic E-state index is 12.2. The van der Waals surface area contributed by atoms with Gasteiger partial charge in [-0.3, -0.25) is 4.79 Å². The van der Waals surface area contributed by atoms with Crippen LogP contribution in [0.25, 0.3) is 0 Å². The molecule has 0 fully saturated rings. The quantitative estimate of drug-likeness (QED) is 0.863. The summed E-state index contributed by atoms with van der Waals surface area (Å²) >= 11 is 0. The molecule has 0 saturated heterocycles. The average Bonchev–Trinajstić information content (AvgIpc) is 2.54. The third kappa shape index (κ3) is 4.19. The highest BCUT2D eigenvalue weighted by atomic mass is 16.6. The van der Waals surface area contributed by atoms with Crippen molar-refractivity contribution in [1.29, 1.82) is 0 Å². The van der Waals surface area contributed by atoms with E-state index in [9.17, 15) is 9.59 Å². The Kier molecular flexibility index (Phi) is 4.94. The maximum atomic E-state index is 12.2. The molecule has 0 aliphatic carbocycles. The SMILES string of the molecule is CC(C)(OC(=O)c1ccccc1)C(=O)NCc1ccccc1. The van der Waals surface area contributed by atoms with Crippen molar-refractivity contribution in [2.24, 2.45) is 0 Å². The molecule has 2 aromatic carbocycles. The molecular weight excluding hydrogens is 278 g/mol. The van der Waals surface area contributed by atoms with E-state index in [-0.39, 0.29) is 5.91 Å². The predicted octanol–water partition coefficient (Wildman–Crippen LogP) is 2.94. The molecule has 0 aliphatic heterocycles. The Balaban J connectivity index is 1.94. The molecule has 1 N–H and O–H groups in total. The standard InChI is InChI=1S/C18H19NO3/c1-18(2,22-16(20)15-11-7-4-8-12-15)17(21)19-13-14-9-5-3-6-10-14/h3-12H,13H2,1-2H3,(H,19,21). The summed E-state index contributed by atoms with van der Waals surface area (Å²) in [6, 6.07) is 18.2. The number of carbonyl (C=O) groups is 2. The van der Waals surface area contributed by atoms with Crippen molar-refractivity contribution in [2.45, 2.75) is 26.0 Å². The lowest BCUT2D eigenvalue weighted by atomic mass is 10.1. The van der Waals surface area contributed by atoms with Gasteiger partial charge < -0.3 is 10.1 Å². The Labute approximate surface area is 130 Å². The first-order valence-electron chi connectivity index (χ1n) is 7.09. The number of carbonyl (C=O) groups excluding carboxylic acids is 2. The predicted molar refractivity (Wildman–Crippen MR) is 84.2 cm³/mol. The van der Waals surface area contributed by atoms with Crippen LogP contribution in [-0.2, 0) is 16.1 Å². The van der Waals surface area contributed by atoms with Gasteiger partial charge in [-0.2, -0.15) is 0 Å². The summed E-state index contributed by atoms with van der Waals surface area (Å²) in [6.07, 6.45) is 0. The van der Waals surface area contributed by atoms with E-state index in [1.807, 2.05) is 36.4 Å². The van der Waals surface area contributed by atoms with Crippen LogP contribution in [-0.4, -0.2) is 17.5 Å². The molecule has 4 nitrogen and oxygen atoms in total. The Morgan fingerprint density at radius 1 is 0.955 bits per heavy atom. The number of ether oxygens (including phenoxy) is 1. The van der Waals surface area contributed by atoms with E-state index >= 15 is 0 Å². The average molecular weight is 297 g/mol. The number of amides is 1. The summed E-state index contributed by atoms with van der Waals surface area (Å²) < 4.78 is 5.32. The van der Waals surface area contributed by atoms with E-state index in [0.717, 1.165) is 5.56 Å². The third-order valence-electron chi connectivity index (χ3n) is 3.20. The molecular formula is C18H19NO3. The summed E-state index contributed by atoms with van der Waals surface area (Å²) in [5.74, 6) is -0.846. The molecule has 0 radical (unpaired) electrons. The lowest BCUT2D eigenvalue weighted by Gasteiger charge is -2.24. The fourth-order valence-electron chi connectivity index (χ4n) is 1.90. The zero-order valence-corrected chi connectivity index (χ0v) is 12.7. The number of esters is 1. The van der Waals surface area contributed by atoms with Gasteiger partial charge in [0.25, 0.3) is 5.91 Å². The molecule has 0 saturated carbocycles. The zero-order valence-electron chi connectivity index (χ0n) is 12.7. The van der Waals surface area contributed by atoms with Gasteiger partial charge in [0.05, 0.1) is 5.56 Å². The fourth-order valence-corrected chi connectivity index (χ4v) is 1.90. The topological polar surface area (TPSA) is 55.4 Å². The zero-order chi connectivity index (χ0) is 16.0. The number of nitrogens with one attached hydrogen (secondary N) is 1. The van der Waals surface area contributed by atoms with Gasteiger partial charge in [-0.15, -0.1) is 0 Å². The van der Waals surface area contributed by atoms with Gasteiger partial charge in [-0.1, -0.05) is 48.5 Å². The minimum Gasteiger partial charge on any atom is -0.446 e. The number of rotatable bonds is 5. The van der Waals surface area contributed by atoms with Crippen LogP contribution in [0.3, 0.4) is 0 Å². The van der Waals surface area contributed by atoms with Crippen LogP contribution in [0.4, 0.5) is 0 Å². The van der Waals surface area contributed by atoms with Crippen molar-refractivity contribution in [3.05, 3.63) is 71.8 Å². The molecule has 0 spiro atoms. The number of benzene rings is 2. The van der Waals surface area contributed by atoms with Crippen LogP contribution in [0.5, 0.6) is 0 Å². The summed E-state index contributed by atoms with van der Waals surface area (Å²) in [5.41, 5.74) is 0.175. The van der Waals surface area contributed by atoms with Gasteiger partial charge in [0.15, 0.2) is 5.60 Å². The largest absolute Gasteiger partial charge is 0.446 e. The molecule has 2 rings (SSSR count). The smallest absolute Gasteiger partial charge is 0.339 e. The van der Waals surface area contributed by atoms with Gasteiger partial charge in [0, 0.05) is 6.54 Å². The van der Waals surface area contributed by atoms with Gasteiger partial charge in [-0.25, -0.2) is 4.79 Å². The van der Waals surface area contributed by atoms with Crippen molar-refractivity contribution in [3.8, 4) is 0 Å². The van der Waals surface area contributed by atoms with E-state index < -0.39 is 11.6 Å². The van der Waals surface area contributed by atoms with Crippen molar-refractivity contribution in [1.82, 2.24) is 5.32 Å². The van der Waals surface area contributed by atoms with E-state index in [1.54, 1.807) is 38.1 Å². The fraction of sp³-hybridized carbons (Fsp3) is 0.222. The monoisotopic (exact) mass is 297 g/mol. The minimum atomic E-state index is -1.23. The Morgan fingerprint density at radius 2 is 1.50 bits per heavy atom. The number of hydrogen-bond donors (Lipinski definition) is 1. The summed E-state index contributed by atoms with van der Waals surface area (Å²) in [5, 5.41) is 2.78. The summed E-state index contributed by atoms with van der Waals surface area (Å²) in [6.45, 7) is 3.55. The number of hydrogen-bond acceptors (Lipinski definition) is 3. The molecule has 1 amide bonds. The molecule has 0 bridgehead atoms. The van der Waals surface area contributed by atoms with E-state index in [0.29, 0.717) is 12.1 Å². The summed E-state index contributed by atoms with van der Waals surface area (Å²) in [7, 11) is 0. The van der Waals surface area contributed by atoms with Gasteiger partial charge >= 0.3 is 5.97 Å². The van der Waals surface area contributed by atoms with Crippen LogP contribution < -0.4 is 5.32 Å². The second-order valence-electron chi connectivity index (χ2n) is 5.43. The normalized spacial score (nSPS) is 10.8. The maximum Gasteiger partial charge on any atom is 0.339 e. The first-order valence-corrected chi connectivity index (χ1v) is 7.09. The van der Waals surface area contributed by atoms with Crippen molar-refractivity contribution < 1.29 is 14.3 Å². The molecule has 0 unspecified atom stereocenters. The second kappa shape index (κ2) is 6.89. The highest BCUT2D eigenvalue weighted by Gasteiger charge is 2.32. The molecule has 22 heavy (non-hydrogen) atoms. The molecule has 4 heteroatoms. The van der Waals surface area contributed by atoms with Crippen LogP contribution in [0, 0.1) is 0 Å². The van der Waals surface area contributed by atoms with Crippen LogP contribution >= 0.6 is 0 Å². The Bertz CT molecular complexity index is 636. The van der Waals surface area contributed by atoms with E-state index in [2.05, 4.69) is 5.32 Å². The molecule has 2 aromatic rings. The molecule has 0 heterocycles. The highest BCUT2D eigenvalue weighted by molar-refractivity contribution is 5.93. The van der Waals surface area contributed by atoms with Crippen molar-refractivity contribution >= 4 is 11.9 Å². The van der Waals surface area contributed by atoms with Crippen LogP contribution in [0.2, 0.25) is 0 Å². The lowest BCUT2D eigenvalue weighted by molar-refractivity contribution is -0.137. The molecule has 0 aromatic heterocycles. The first kappa shape index (κ1) is 15.8. The van der Waals surface area contributed by atoms with E-state index in [4.69, 9.17) is 4.74 Å². The van der Waals surface area contributed by atoms with Crippen molar-refractivity contribution in [3.63, 3.8) is 0 Å². The van der Waals surface area contributed by atoms with Gasteiger partial charge in [0.1, 0.15) is 0 Å².